The molecule has 0 saturated heterocycles. The van der Waals surface area contributed by atoms with Gasteiger partial charge in [-0.3, -0.25) is 9.59 Å². The fourth-order valence-corrected chi connectivity index (χ4v) is 3.30. The van der Waals surface area contributed by atoms with Crippen molar-refractivity contribution >= 4 is 11.8 Å². The lowest BCUT2D eigenvalue weighted by Crippen LogP contribution is -2.26. The summed E-state index contributed by atoms with van der Waals surface area (Å²) >= 11 is 0. The molecule has 0 atom stereocenters. The first-order chi connectivity index (χ1) is 15.1. The van der Waals surface area contributed by atoms with Crippen molar-refractivity contribution in [1.82, 2.24) is 10.3 Å². The average Bonchev–Trinajstić information content (AvgIpc) is 3.30. The number of carbonyl (C=O) groups excluding carboxylic acids is 2. The van der Waals surface area contributed by atoms with E-state index in [-0.39, 0.29) is 5.91 Å². The summed E-state index contributed by atoms with van der Waals surface area (Å²) in [4.78, 5) is 28.5. The van der Waals surface area contributed by atoms with Crippen molar-refractivity contribution in [2.24, 2.45) is 5.73 Å². The van der Waals surface area contributed by atoms with E-state index in [9.17, 15) is 9.59 Å². The van der Waals surface area contributed by atoms with Gasteiger partial charge in [0.05, 0.1) is 11.8 Å². The maximum Gasteiger partial charge on any atom is 0.252 e. The molecule has 1 heterocycles. The molecule has 0 saturated carbocycles. The number of amides is 2. The van der Waals surface area contributed by atoms with Gasteiger partial charge in [0.15, 0.2) is 5.76 Å². The first-order valence-corrected chi connectivity index (χ1v) is 9.89. The monoisotopic (exact) mass is 411 g/mol. The minimum absolute atomic E-state index is 0.221. The van der Waals surface area contributed by atoms with Crippen LogP contribution >= 0.6 is 0 Å². The van der Waals surface area contributed by atoms with Crippen LogP contribution in [0.2, 0.25) is 0 Å². The first kappa shape index (κ1) is 20.1. The smallest absolute Gasteiger partial charge is 0.252 e. The van der Waals surface area contributed by atoms with Crippen LogP contribution in [-0.2, 0) is 6.42 Å². The van der Waals surface area contributed by atoms with Gasteiger partial charge in [0.2, 0.25) is 11.8 Å². The van der Waals surface area contributed by atoms with Crippen molar-refractivity contribution in [3.05, 3.63) is 102 Å². The fourth-order valence-electron chi connectivity index (χ4n) is 3.30. The minimum atomic E-state index is -0.472. The molecule has 0 aliphatic carbocycles. The molecule has 2 amide bonds. The van der Waals surface area contributed by atoms with Crippen LogP contribution in [0.15, 0.2) is 89.5 Å². The summed E-state index contributed by atoms with van der Waals surface area (Å²) in [5, 5.41) is 2.92. The molecule has 0 spiro atoms. The number of benzene rings is 3. The molecule has 0 radical (unpaired) electrons. The molecule has 6 heteroatoms. The van der Waals surface area contributed by atoms with Crippen molar-refractivity contribution < 1.29 is 14.0 Å². The van der Waals surface area contributed by atoms with Crippen molar-refractivity contribution in [3.63, 3.8) is 0 Å². The molecule has 3 aromatic carbocycles. The largest absolute Gasteiger partial charge is 0.436 e. The van der Waals surface area contributed by atoms with Gasteiger partial charge in [-0.25, -0.2) is 4.98 Å². The average molecular weight is 411 g/mol. The van der Waals surface area contributed by atoms with Crippen molar-refractivity contribution in [2.75, 3.05) is 6.54 Å². The molecule has 4 rings (SSSR count). The molecule has 1 aromatic heterocycles. The van der Waals surface area contributed by atoms with Gasteiger partial charge in [0.25, 0.3) is 5.91 Å². The highest BCUT2D eigenvalue weighted by Gasteiger charge is 2.16. The van der Waals surface area contributed by atoms with Crippen LogP contribution in [0.25, 0.3) is 22.8 Å². The molecule has 4 aromatic rings. The molecule has 0 fully saturated rings. The SMILES string of the molecule is NC(=O)c1cccc(CCNC(=O)c2ccccc2-c2ncc(-c3ccccc3)o2)c1. The summed E-state index contributed by atoms with van der Waals surface area (Å²) in [6.07, 6.45) is 2.23. The second-order valence-electron chi connectivity index (χ2n) is 7.01. The highest BCUT2D eigenvalue weighted by molar-refractivity contribution is 6.00. The lowest BCUT2D eigenvalue weighted by molar-refractivity contribution is 0.0952. The number of nitrogens with one attached hydrogen (secondary N) is 1. The Morgan fingerprint density at radius 1 is 0.935 bits per heavy atom. The highest BCUT2D eigenvalue weighted by atomic mass is 16.4. The van der Waals surface area contributed by atoms with Crippen molar-refractivity contribution in [1.29, 1.82) is 0 Å². The van der Waals surface area contributed by atoms with E-state index in [0.29, 0.717) is 41.3 Å². The van der Waals surface area contributed by atoms with Crippen LogP contribution < -0.4 is 11.1 Å². The Labute approximate surface area is 179 Å². The predicted octanol–water partition coefficient (Wildman–Crippen LogP) is 4.08. The number of nitrogens with two attached hydrogens (primary N) is 1. The summed E-state index contributed by atoms with van der Waals surface area (Å²) in [7, 11) is 0. The van der Waals surface area contributed by atoms with Gasteiger partial charge in [-0.2, -0.15) is 0 Å². The summed E-state index contributed by atoms with van der Waals surface area (Å²) < 4.78 is 5.92. The van der Waals surface area contributed by atoms with Crippen molar-refractivity contribution in [2.45, 2.75) is 6.42 Å². The van der Waals surface area contributed by atoms with Crippen LogP contribution in [0.3, 0.4) is 0 Å². The number of aromatic nitrogens is 1. The summed E-state index contributed by atoms with van der Waals surface area (Å²) in [6, 6.07) is 23.9. The Morgan fingerprint density at radius 3 is 2.52 bits per heavy atom. The van der Waals surface area contributed by atoms with E-state index in [1.54, 1.807) is 36.5 Å². The van der Waals surface area contributed by atoms with E-state index < -0.39 is 5.91 Å². The molecule has 31 heavy (non-hydrogen) atoms. The second-order valence-corrected chi connectivity index (χ2v) is 7.01. The Morgan fingerprint density at radius 2 is 1.71 bits per heavy atom. The number of rotatable bonds is 7. The number of hydrogen-bond acceptors (Lipinski definition) is 4. The van der Waals surface area contributed by atoms with Gasteiger partial charge in [-0.15, -0.1) is 0 Å². The van der Waals surface area contributed by atoms with Gasteiger partial charge in [-0.1, -0.05) is 54.6 Å². The lowest BCUT2D eigenvalue weighted by atomic mass is 10.1. The van der Waals surface area contributed by atoms with Gasteiger partial charge < -0.3 is 15.5 Å². The van der Waals surface area contributed by atoms with Crippen LogP contribution in [-0.4, -0.2) is 23.3 Å². The van der Waals surface area contributed by atoms with E-state index in [2.05, 4.69) is 10.3 Å². The first-order valence-electron chi connectivity index (χ1n) is 9.89. The molecule has 0 unspecified atom stereocenters. The quantitative estimate of drug-likeness (QED) is 0.479. The Hall–Kier alpha value is -4.19. The maximum absolute atomic E-state index is 12.8. The van der Waals surface area contributed by atoms with E-state index >= 15 is 0 Å². The normalized spacial score (nSPS) is 10.6. The van der Waals surface area contributed by atoms with Crippen LogP contribution in [0.1, 0.15) is 26.3 Å². The molecule has 0 aliphatic rings. The van der Waals surface area contributed by atoms with Crippen LogP contribution in [0.5, 0.6) is 0 Å². The third-order valence-electron chi connectivity index (χ3n) is 4.88. The summed E-state index contributed by atoms with van der Waals surface area (Å²) in [5.41, 5.74) is 8.72. The molecular formula is C25H21N3O3. The molecule has 154 valence electrons. The Balaban J connectivity index is 1.47. The summed E-state index contributed by atoms with van der Waals surface area (Å²) in [5.74, 6) is 0.334. The van der Waals surface area contributed by atoms with Gasteiger partial charge >= 0.3 is 0 Å². The molecule has 6 nitrogen and oxygen atoms in total. The minimum Gasteiger partial charge on any atom is -0.436 e. The topological polar surface area (TPSA) is 98.2 Å². The van der Waals surface area contributed by atoms with Gasteiger partial charge in [-0.05, 0) is 36.2 Å². The third kappa shape index (κ3) is 4.70. The van der Waals surface area contributed by atoms with E-state index in [4.69, 9.17) is 10.2 Å². The standard InChI is InChI=1S/C25H21N3O3/c26-23(29)19-10-6-7-17(15-19)13-14-27-24(30)20-11-4-5-12-21(20)25-28-16-22(31-25)18-8-2-1-3-9-18/h1-12,15-16H,13-14H2,(H2,26,29)(H,27,30). The maximum atomic E-state index is 12.8. The molecular weight excluding hydrogens is 390 g/mol. The lowest BCUT2D eigenvalue weighted by Gasteiger charge is -2.09. The zero-order valence-corrected chi connectivity index (χ0v) is 16.7. The second kappa shape index (κ2) is 9.09. The predicted molar refractivity (Wildman–Crippen MR) is 118 cm³/mol. The van der Waals surface area contributed by atoms with E-state index in [0.717, 1.165) is 11.1 Å². The number of hydrogen-bond donors (Lipinski definition) is 2. The van der Waals surface area contributed by atoms with Gasteiger partial charge in [0.1, 0.15) is 0 Å². The zero-order chi connectivity index (χ0) is 21.6. The van der Waals surface area contributed by atoms with E-state index in [1.165, 1.54) is 0 Å². The molecule has 0 bridgehead atoms. The number of nitrogens with zero attached hydrogens (tertiary/aromatic N) is 1. The number of carbonyl (C=O) groups is 2. The summed E-state index contributed by atoms with van der Waals surface area (Å²) in [6.45, 7) is 0.413. The van der Waals surface area contributed by atoms with Crippen LogP contribution in [0, 0.1) is 0 Å². The third-order valence-corrected chi connectivity index (χ3v) is 4.88. The zero-order valence-electron chi connectivity index (χ0n) is 16.7. The fraction of sp³-hybridized carbons (Fsp3) is 0.0800. The Kier molecular flexibility index (Phi) is 5.89. The molecule has 0 aliphatic heterocycles. The number of primary amides is 1. The highest BCUT2D eigenvalue weighted by Crippen LogP contribution is 2.28. The van der Waals surface area contributed by atoms with Gasteiger partial charge in [0, 0.05) is 23.2 Å². The molecule has 3 N–H and O–H groups in total. The Bertz CT molecular complexity index is 1220. The van der Waals surface area contributed by atoms with E-state index in [1.807, 2.05) is 48.5 Å². The van der Waals surface area contributed by atoms with Crippen molar-refractivity contribution in [3.8, 4) is 22.8 Å². The van der Waals surface area contributed by atoms with Crippen LogP contribution in [0.4, 0.5) is 0 Å². The number of oxazole rings is 1.